The molecule has 3 aliphatic rings. The summed E-state index contributed by atoms with van der Waals surface area (Å²) in [6.45, 7) is 1.49. The van der Waals surface area contributed by atoms with Crippen molar-refractivity contribution in [2.45, 2.75) is 95.6 Å². The molecule has 2 aromatic carbocycles. The molecule has 17 nitrogen and oxygen atoms in total. The number of fused-ring (bicyclic) bond motifs is 1. The van der Waals surface area contributed by atoms with Gasteiger partial charge in [-0.15, -0.1) is 0 Å². The van der Waals surface area contributed by atoms with Gasteiger partial charge in [-0.1, -0.05) is 73.9 Å². The number of rotatable bonds is 19. The van der Waals surface area contributed by atoms with E-state index in [0.29, 0.717) is 44.6 Å². The molecule has 0 bridgehead atoms. The molecule has 6 N–H and O–H groups in total. The second-order valence-electron chi connectivity index (χ2n) is 15.3. The number of nitrogens with one attached hydrogen (secondary N) is 6. The van der Waals surface area contributed by atoms with Crippen LogP contribution in [0.3, 0.4) is 0 Å². The predicted molar refractivity (Wildman–Crippen MR) is 226 cm³/mol. The number of nitrogens with zero attached hydrogens (tertiary/aromatic N) is 3. The number of amides is 8. The lowest BCUT2D eigenvalue weighted by molar-refractivity contribution is -0.136. The molecule has 2 saturated heterocycles. The molecule has 3 aliphatic heterocycles. The number of H-pyrrole nitrogens is 1. The number of imide groups is 2. The van der Waals surface area contributed by atoms with E-state index in [1.165, 1.54) is 12.3 Å². The number of carbonyl (C=O) groups excluding carboxylic acids is 8. The average molecular weight is 879 g/mol. The van der Waals surface area contributed by atoms with E-state index in [0.717, 1.165) is 56.3 Å². The van der Waals surface area contributed by atoms with Crippen molar-refractivity contribution in [3.63, 3.8) is 0 Å². The zero-order valence-electron chi connectivity index (χ0n) is 33.6. The van der Waals surface area contributed by atoms with Crippen LogP contribution in [0.4, 0.5) is 11.4 Å². The standard InChI is InChI=1S/C42H49Cl2N9O8/c43-27-12-10-13-28(44)36(27)39(58)49-30-23-47-51-37(30)40(59)48-25-18-21-52(22-19-25)34(56)15-7-5-3-1-2-4-6-8-20-45-33(55)24-46-29-14-9-11-26-35(29)42(61)53(41(26)60)31-16-17-32(54)50-38(31)57/h9-14,23,25,31,46H,1-8,15-22,24H2,(H,45,55)(H,47,51)(H,48,59)(H,49,58)(H,50,54,57). The van der Waals surface area contributed by atoms with Gasteiger partial charge in [-0.2, -0.15) is 5.10 Å². The van der Waals surface area contributed by atoms with Crippen molar-refractivity contribution >= 4 is 81.8 Å². The van der Waals surface area contributed by atoms with Crippen LogP contribution in [0.2, 0.25) is 10.0 Å². The van der Waals surface area contributed by atoms with Crippen molar-refractivity contribution < 1.29 is 38.4 Å². The minimum atomic E-state index is -1.07. The van der Waals surface area contributed by atoms with Gasteiger partial charge in [0.15, 0.2) is 0 Å². The number of likely N-dealkylation sites (tertiary alicyclic amines) is 1. The second kappa shape index (κ2) is 21.1. The van der Waals surface area contributed by atoms with Gasteiger partial charge in [0.25, 0.3) is 23.6 Å². The molecule has 1 atom stereocenters. The van der Waals surface area contributed by atoms with E-state index < -0.39 is 41.5 Å². The van der Waals surface area contributed by atoms with E-state index in [9.17, 15) is 38.4 Å². The molecule has 0 radical (unpaired) electrons. The minimum absolute atomic E-state index is 0.0293. The van der Waals surface area contributed by atoms with Crippen molar-refractivity contribution in [3.8, 4) is 0 Å². The first-order valence-corrected chi connectivity index (χ1v) is 21.4. The maximum Gasteiger partial charge on any atom is 0.271 e. The van der Waals surface area contributed by atoms with Crippen molar-refractivity contribution in [2.24, 2.45) is 0 Å². The van der Waals surface area contributed by atoms with Crippen LogP contribution in [-0.2, 0) is 19.2 Å². The topological polar surface area (TPSA) is 232 Å². The third-order valence-corrected chi connectivity index (χ3v) is 11.7. The van der Waals surface area contributed by atoms with E-state index in [2.05, 4.69) is 36.8 Å². The van der Waals surface area contributed by atoms with E-state index in [1.807, 2.05) is 4.90 Å². The summed E-state index contributed by atoms with van der Waals surface area (Å²) >= 11 is 12.3. The lowest BCUT2D eigenvalue weighted by Crippen LogP contribution is -2.54. The average Bonchev–Trinajstić information content (AvgIpc) is 3.80. The van der Waals surface area contributed by atoms with Gasteiger partial charge in [0, 0.05) is 44.2 Å². The highest BCUT2D eigenvalue weighted by Crippen LogP contribution is 2.32. The first-order chi connectivity index (χ1) is 29.4. The molecule has 19 heteroatoms. The maximum absolute atomic E-state index is 13.2. The number of hydrogen-bond acceptors (Lipinski definition) is 10. The van der Waals surface area contributed by atoms with Crippen LogP contribution in [0.1, 0.15) is 125 Å². The number of aromatic amines is 1. The molecular weight excluding hydrogens is 829 g/mol. The fourth-order valence-electron chi connectivity index (χ4n) is 7.73. The SMILES string of the molecule is O=C(CNc1cccc2c1C(=O)N(C1CCC(=O)NC1=O)C2=O)NCCCCCCCCCCC(=O)N1CCC(NC(=O)c2[nH]ncc2NC(=O)c2c(Cl)cccc2Cl)CC1. The monoisotopic (exact) mass is 877 g/mol. The Bertz CT molecular complexity index is 2150. The molecular formula is C42H49Cl2N9O8. The Morgan fingerprint density at radius 3 is 2.16 bits per heavy atom. The van der Waals surface area contributed by atoms with Crippen molar-refractivity contribution in [1.29, 1.82) is 0 Å². The normalized spacial score (nSPS) is 16.6. The summed E-state index contributed by atoms with van der Waals surface area (Å²) in [6.07, 6.45) is 10.9. The molecule has 324 valence electrons. The van der Waals surface area contributed by atoms with Crippen molar-refractivity contribution in [3.05, 3.63) is 75.0 Å². The fraction of sp³-hybridized carbons (Fsp3) is 0.452. The maximum atomic E-state index is 13.2. The summed E-state index contributed by atoms with van der Waals surface area (Å²) in [6, 6.07) is 8.22. The number of anilines is 2. The minimum Gasteiger partial charge on any atom is -0.375 e. The van der Waals surface area contributed by atoms with Crippen molar-refractivity contribution in [1.82, 2.24) is 35.9 Å². The zero-order chi connectivity index (χ0) is 43.5. The lowest BCUT2D eigenvalue weighted by atomic mass is 10.0. The number of hydrogen-bond donors (Lipinski definition) is 6. The third kappa shape index (κ3) is 11.3. The Labute approximate surface area is 362 Å². The van der Waals surface area contributed by atoms with Gasteiger partial charge in [-0.3, -0.25) is 53.7 Å². The number of carbonyl (C=O) groups is 8. The Balaban J connectivity index is 0.780. The van der Waals surface area contributed by atoms with E-state index >= 15 is 0 Å². The summed E-state index contributed by atoms with van der Waals surface area (Å²) in [5.74, 6) is -3.50. The number of benzene rings is 2. The van der Waals surface area contributed by atoms with Crippen LogP contribution >= 0.6 is 23.2 Å². The van der Waals surface area contributed by atoms with Gasteiger partial charge in [-0.05, 0) is 56.4 Å². The molecule has 0 saturated carbocycles. The highest BCUT2D eigenvalue weighted by Gasteiger charge is 2.45. The Hall–Kier alpha value is -5.81. The van der Waals surface area contributed by atoms with Crippen LogP contribution in [0.25, 0.3) is 0 Å². The largest absolute Gasteiger partial charge is 0.375 e. The lowest BCUT2D eigenvalue weighted by Gasteiger charge is -2.32. The fourth-order valence-corrected chi connectivity index (χ4v) is 8.30. The molecule has 61 heavy (non-hydrogen) atoms. The van der Waals surface area contributed by atoms with Crippen LogP contribution in [-0.4, -0.2) is 106 Å². The van der Waals surface area contributed by atoms with E-state index in [-0.39, 0.29) is 75.4 Å². The molecule has 1 unspecified atom stereocenters. The molecule has 3 aromatic rings. The number of halogens is 2. The van der Waals surface area contributed by atoms with Crippen LogP contribution in [0.5, 0.6) is 0 Å². The molecule has 1 aromatic heterocycles. The van der Waals surface area contributed by atoms with Gasteiger partial charge in [0.05, 0.1) is 45.2 Å². The van der Waals surface area contributed by atoms with Crippen LogP contribution < -0.4 is 26.6 Å². The smallest absolute Gasteiger partial charge is 0.271 e. The number of aromatic nitrogens is 2. The Morgan fingerprint density at radius 2 is 1.46 bits per heavy atom. The number of unbranched alkanes of at least 4 members (excludes halogenated alkanes) is 7. The highest BCUT2D eigenvalue weighted by molar-refractivity contribution is 6.40. The first kappa shape index (κ1) is 44.7. The van der Waals surface area contributed by atoms with Crippen LogP contribution in [0.15, 0.2) is 42.6 Å². The zero-order valence-corrected chi connectivity index (χ0v) is 35.1. The summed E-state index contributed by atoms with van der Waals surface area (Å²) in [5, 5.41) is 20.5. The van der Waals surface area contributed by atoms with Gasteiger partial charge < -0.3 is 26.2 Å². The molecule has 0 aliphatic carbocycles. The van der Waals surface area contributed by atoms with Crippen molar-refractivity contribution in [2.75, 3.05) is 36.8 Å². The number of piperidine rings is 2. The summed E-state index contributed by atoms with van der Waals surface area (Å²) in [4.78, 5) is 104. The van der Waals surface area contributed by atoms with Crippen LogP contribution in [0, 0.1) is 0 Å². The quantitative estimate of drug-likeness (QED) is 0.0710. The molecule has 4 heterocycles. The summed E-state index contributed by atoms with van der Waals surface area (Å²) < 4.78 is 0. The third-order valence-electron chi connectivity index (χ3n) is 11.0. The molecule has 6 rings (SSSR count). The molecule has 2 fully saturated rings. The van der Waals surface area contributed by atoms with E-state index in [4.69, 9.17) is 23.2 Å². The molecule has 0 spiro atoms. The van der Waals surface area contributed by atoms with E-state index in [1.54, 1.807) is 30.3 Å². The van der Waals surface area contributed by atoms with Gasteiger partial charge >= 0.3 is 0 Å². The summed E-state index contributed by atoms with van der Waals surface area (Å²) in [7, 11) is 0. The summed E-state index contributed by atoms with van der Waals surface area (Å²) in [5.41, 5.74) is 0.954. The Kier molecular flexibility index (Phi) is 15.5. The predicted octanol–water partition coefficient (Wildman–Crippen LogP) is 4.83. The first-order valence-electron chi connectivity index (χ1n) is 20.7. The molecule has 8 amide bonds. The highest BCUT2D eigenvalue weighted by atomic mass is 35.5. The second-order valence-corrected chi connectivity index (χ2v) is 16.1. The Morgan fingerprint density at radius 1 is 0.787 bits per heavy atom. The van der Waals surface area contributed by atoms with Gasteiger partial charge in [0.1, 0.15) is 11.7 Å². The van der Waals surface area contributed by atoms with Gasteiger partial charge in [0.2, 0.25) is 23.6 Å². The van der Waals surface area contributed by atoms with Gasteiger partial charge in [-0.25, -0.2) is 0 Å².